The molecule has 1 amide bonds. The van der Waals surface area contributed by atoms with E-state index in [4.69, 9.17) is 23.2 Å². The second-order valence-electron chi connectivity index (χ2n) is 6.02. The van der Waals surface area contributed by atoms with Crippen LogP contribution in [-0.4, -0.2) is 20.5 Å². The molecule has 0 fully saturated rings. The zero-order valence-corrected chi connectivity index (χ0v) is 16.0. The Morgan fingerprint density at radius 1 is 1.00 bits per heavy atom. The van der Waals surface area contributed by atoms with Gasteiger partial charge < -0.3 is 5.32 Å². The van der Waals surface area contributed by atoms with Gasteiger partial charge in [-0.2, -0.15) is 0 Å². The first-order valence-electron chi connectivity index (χ1n) is 8.44. The SMILES string of the molecule is O=C(/C=C/c1ccc(Cl)cc1Cl)Nc1cccc(-c2nnc3ccccn23)c1. The van der Waals surface area contributed by atoms with E-state index in [1.54, 1.807) is 24.3 Å². The van der Waals surface area contributed by atoms with E-state index >= 15 is 0 Å². The lowest BCUT2D eigenvalue weighted by Crippen LogP contribution is -2.07. The van der Waals surface area contributed by atoms with E-state index in [-0.39, 0.29) is 5.91 Å². The van der Waals surface area contributed by atoms with E-state index in [1.807, 2.05) is 53.1 Å². The van der Waals surface area contributed by atoms with Crippen LogP contribution in [0.3, 0.4) is 0 Å². The molecule has 0 unspecified atom stereocenters. The number of nitrogens with one attached hydrogen (secondary N) is 1. The summed E-state index contributed by atoms with van der Waals surface area (Å²) in [5.41, 5.74) is 2.97. The molecule has 2 aromatic heterocycles. The average Bonchev–Trinajstić information content (AvgIpc) is 3.12. The minimum atomic E-state index is -0.269. The highest BCUT2D eigenvalue weighted by molar-refractivity contribution is 6.35. The van der Waals surface area contributed by atoms with Gasteiger partial charge in [-0.15, -0.1) is 10.2 Å². The van der Waals surface area contributed by atoms with Crippen LogP contribution in [0, 0.1) is 0 Å². The number of rotatable bonds is 4. The molecule has 138 valence electrons. The van der Waals surface area contributed by atoms with Crippen LogP contribution < -0.4 is 5.32 Å². The molecule has 0 aliphatic carbocycles. The Kier molecular flexibility index (Phi) is 5.10. The van der Waals surface area contributed by atoms with Crippen LogP contribution in [0.25, 0.3) is 23.1 Å². The molecule has 0 spiro atoms. The van der Waals surface area contributed by atoms with Crippen molar-refractivity contribution in [2.24, 2.45) is 0 Å². The highest BCUT2D eigenvalue weighted by Crippen LogP contribution is 2.23. The lowest BCUT2D eigenvalue weighted by Gasteiger charge is -2.05. The van der Waals surface area contributed by atoms with Gasteiger partial charge in [-0.1, -0.05) is 47.5 Å². The number of anilines is 1. The maximum Gasteiger partial charge on any atom is 0.248 e. The number of aromatic nitrogens is 3. The highest BCUT2D eigenvalue weighted by Gasteiger charge is 2.08. The van der Waals surface area contributed by atoms with E-state index in [1.165, 1.54) is 6.08 Å². The van der Waals surface area contributed by atoms with Gasteiger partial charge in [-0.25, -0.2) is 0 Å². The maximum absolute atomic E-state index is 12.3. The van der Waals surface area contributed by atoms with Crippen LogP contribution in [0.4, 0.5) is 5.69 Å². The van der Waals surface area contributed by atoms with Crippen molar-refractivity contribution in [1.29, 1.82) is 0 Å². The summed E-state index contributed by atoms with van der Waals surface area (Å²) in [4.78, 5) is 12.3. The summed E-state index contributed by atoms with van der Waals surface area (Å²) < 4.78 is 1.89. The van der Waals surface area contributed by atoms with Gasteiger partial charge in [0.25, 0.3) is 0 Å². The van der Waals surface area contributed by atoms with Gasteiger partial charge in [-0.05, 0) is 48.0 Å². The van der Waals surface area contributed by atoms with Crippen LogP contribution in [0.2, 0.25) is 10.0 Å². The zero-order valence-electron chi connectivity index (χ0n) is 14.5. The van der Waals surface area contributed by atoms with E-state index < -0.39 is 0 Å². The van der Waals surface area contributed by atoms with Gasteiger partial charge in [0.1, 0.15) is 0 Å². The number of carbonyl (C=O) groups excluding carboxylic acids is 1. The Morgan fingerprint density at radius 2 is 1.89 bits per heavy atom. The second-order valence-corrected chi connectivity index (χ2v) is 6.87. The summed E-state index contributed by atoms with van der Waals surface area (Å²) in [7, 11) is 0. The molecule has 1 N–H and O–H groups in total. The summed E-state index contributed by atoms with van der Waals surface area (Å²) >= 11 is 12.0. The monoisotopic (exact) mass is 408 g/mol. The lowest BCUT2D eigenvalue weighted by molar-refractivity contribution is -0.111. The number of halogens is 2. The van der Waals surface area contributed by atoms with Crippen molar-refractivity contribution in [2.75, 3.05) is 5.32 Å². The molecule has 0 radical (unpaired) electrons. The number of amides is 1. The Balaban J connectivity index is 1.53. The predicted octanol–water partition coefficient (Wildman–Crippen LogP) is 5.36. The fourth-order valence-corrected chi connectivity index (χ4v) is 3.23. The highest BCUT2D eigenvalue weighted by atomic mass is 35.5. The minimum absolute atomic E-state index is 0.269. The number of benzene rings is 2. The van der Waals surface area contributed by atoms with Crippen LogP contribution in [0.15, 0.2) is 72.9 Å². The number of nitrogens with zero attached hydrogens (tertiary/aromatic N) is 3. The molecule has 2 heterocycles. The van der Waals surface area contributed by atoms with Crippen molar-refractivity contribution in [2.45, 2.75) is 0 Å². The van der Waals surface area contributed by atoms with Crippen molar-refractivity contribution >= 4 is 46.5 Å². The van der Waals surface area contributed by atoms with Crippen molar-refractivity contribution in [3.05, 3.63) is 88.5 Å². The molecule has 0 aliphatic heterocycles. The normalized spacial score (nSPS) is 11.2. The van der Waals surface area contributed by atoms with Crippen LogP contribution >= 0.6 is 23.2 Å². The molecule has 28 heavy (non-hydrogen) atoms. The van der Waals surface area contributed by atoms with Crippen molar-refractivity contribution < 1.29 is 4.79 Å². The van der Waals surface area contributed by atoms with Gasteiger partial charge in [0, 0.05) is 33.6 Å². The standard InChI is InChI=1S/C21H14Cl2N4O/c22-16-9-7-14(18(23)13-16)8-10-20(28)24-17-5-3-4-15(12-17)21-26-25-19-6-1-2-11-27(19)21/h1-13H,(H,24,28)/b10-8+. The quantitative estimate of drug-likeness (QED) is 0.462. The molecule has 0 aliphatic rings. The maximum atomic E-state index is 12.3. The van der Waals surface area contributed by atoms with Gasteiger partial charge in [0.05, 0.1) is 0 Å². The average molecular weight is 409 g/mol. The summed E-state index contributed by atoms with van der Waals surface area (Å²) in [5, 5.41) is 12.3. The molecular formula is C21H14Cl2N4O. The van der Waals surface area contributed by atoms with Crippen LogP contribution in [0.5, 0.6) is 0 Å². The predicted molar refractivity (Wildman–Crippen MR) is 113 cm³/mol. The van der Waals surface area contributed by atoms with Crippen molar-refractivity contribution in [1.82, 2.24) is 14.6 Å². The van der Waals surface area contributed by atoms with Crippen molar-refractivity contribution in [3.8, 4) is 11.4 Å². The third-order valence-corrected chi connectivity index (χ3v) is 4.64. The Bertz CT molecular complexity index is 1200. The molecule has 5 nitrogen and oxygen atoms in total. The molecule has 0 saturated heterocycles. The van der Waals surface area contributed by atoms with Gasteiger partial charge in [0.15, 0.2) is 11.5 Å². The molecule has 7 heteroatoms. The Hall–Kier alpha value is -3.15. The van der Waals surface area contributed by atoms with E-state index in [2.05, 4.69) is 15.5 Å². The van der Waals surface area contributed by atoms with Gasteiger partial charge in [-0.3, -0.25) is 9.20 Å². The third kappa shape index (κ3) is 3.91. The summed E-state index contributed by atoms with van der Waals surface area (Å²) in [5.74, 6) is 0.435. The molecular weight excluding hydrogens is 395 g/mol. The Labute approximate surface area is 171 Å². The first-order chi connectivity index (χ1) is 13.6. The summed E-state index contributed by atoms with van der Waals surface area (Å²) in [6, 6.07) is 18.3. The minimum Gasteiger partial charge on any atom is -0.322 e. The van der Waals surface area contributed by atoms with E-state index in [0.717, 1.165) is 11.2 Å². The summed E-state index contributed by atoms with van der Waals surface area (Å²) in [6.45, 7) is 0. The van der Waals surface area contributed by atoms with Crippen molar-refractivity contribution in [3.63, 3.8) is 0 Å². The Morgan fingerprint density at radius 3 is 2.75 bits per heavy atom. The van der Waals surface area contributed by atoms with E-state index in [9.17, 15) is 4.79 Å². The number of fused-ring (bicyclic) bond motifs is 1. The van der Waals surface area contributed by atoms with E-state index in [0.29, 0.717) is 27.1 Å². The fraction of sp³-hybridized carbons (Fsp3) is 0. The smallest absolute Gasteiger partial charge is 0.248 e. The molecule has 4 rings (SSSR count). The number of carbonyl (C=O) groups is 1. The van der Waals surface area contributed by atoms with Crippen LogP contribution in [0.1, 0.15) is 5.56 Å². The second kappa shape index (κ2) is 7.84. The first kappa shape index (κ1) is 18.2. The first-order valence-corrected chi connectivity index (χ1v) is 9.20. The third-order valence-electron chi connectivity index (χ3n) is 4.08. The zero-order chi connectivity index (χ0) is 19.5. The molecule has 0 saturated carbocycles. The van der Waals surface area contributed by atoms with Crippen LogP contribution in [-0.2, 0) is 4.79 Å². The molecule has 2 aromatic carbocycles. The number of pyridine rings is 1. The molecule has 0 bridgehead atoms. The molecule has 0 atom stereocenters. The number of hydrogen-bond donors (Lipinski definition) is 1. The summed E-state index contributed by atoms with van der Waals surface area (Å²) in [6.07, 6.45) is 4.96. The fourth-order valence-electron chi connectivity index (χ4n) is 2.76. The van der Waals surface area contributed by atoms with Gasteiger partial charge >= 0.3 is 0 Å². The van der Waals surface area contributed by atoms with Gasteiger partial charge in [0.2, 0.25) is 5.91 Å². The number of hydrogen-bond acceptors (Lipinski definition) is 3. The lowest BCUT2D eigenvalue weighted by atomic mass is 10.2. The molecule has 4 aromatic rings. The largest absolute Gasteiger partial charge is 0.322 e. The topological polar surface area (TPSA) is 59.3 Å².